The Morgan fingerprint density at radius 3 is 2.29 bits per heavy atom. The summed E-state index contributed by atoms with van der Waals surface area (Å²) in [5, 5.41) is 1.91. The zero-order valence-corrected chi connectivity index (χ0v) is 20.0. The van der Waals surface area contributed by atoms with E-state index >= 15 is 0 Å². The number of nitrogens with one attached hydrogen (secondary N) is 1. The molecule has 0 aromatic heterocycles. The van der Waals surface area contributed by atoms with Crippen LogP contribution in [0.2, 0.25) is 5.02 Å². The Morgan fingerprint density at radius 2 is 1.69 bits per heavy atom. The molecule has 0 aliphatic rings. The molecule has 0 saturated carbocycles. The van der Waals surface area contributed by atoms with Crippen LogP contribution in [0.1, 0.15) is 5.56 Å². The molecule has 35 heavy (non-hydrogen) atoms. The van der Waals surface area contributed by atoms with Crippen molar-refractivity contribution in [3.8, 4) is 11.5 Å². The molecule has 0 saturated heterocycles. The summed E-state index contributed by atoms with van der Waals surface area (Å²) in [6, 6.07) is 14.2. The Balaban J connectivity index is 2.03. The first-order chi connectivity index (χ1) is 16.5. The Bertz CT molecular complexity index is 1320. The third kappa shape index (κ3) is 5.98. The number of hydrogen-bond acceptors (Lipinski definition) is 5. The second-order valence-electron chi connectivity index (χ2n) is 7.10. The van der Waals surface area contributed by atoms with Crippen LogP contribution in [0, 0.1) is 0 Å². The van der Waals surface area contributed by atoms with Crippen LogP contribution < -0.4 is 19.1 Å². The molecule has 7 nitrogen and oxygen atoms in total. The molecule has 0 aliphatic carbocycles. The van der Waals surface area contributed by atoms with E-state index in [0.717, 1.165) is 12.1 Å². The van der Waals surface area contributed by atoms with Gasteiger partial charge in [0.15, 0.2) is 0 Å². The number of methoxy groups -OCH3 is 2. The van der Waals surface area contributed by atoms with Crippen LogP contribution in [-0.4, -0.2) is 35.1 Å². The SMILES string of the molecule is COc1ccc(NC(=O)CN(c2ccc(Cl)c(C(F)(F)F)c2)S(=O)(=O)c2ccccc2)c(OC)c1. The lowest BCUT2D eigenvalue weighted by Gasteiger charge is -2.25. The van der Waals surface area contributed by atoms with Gasteiger partial charge < -0.3 is 14.8 Å². The highest BCUT2D eigenvalue weighted by Gasteiger charge is 2.35. The highest BCUT2D eigenvalue weighted by Crippen LogP contribution is 2.38. The number of sulfonamides is 1. The zero-order chi connectivity index (χ0) is 25.8. The van der Waals surface area contributed by atoms with Crippen molar-refractivity contribution in [2.45, 2.75) is 11.1 Å². The van der Waals surface area contributed by atoms with E-state index < -0.39 is 39.2 Å². The number of halogens is 4. The molecule has 0 unspecified atom stereocenters. The van der Waals surface area contributed by atoms with Crippen LogP contribution in [0.4, 0.5) is 24.5 Å². The molecule has 186 valence electrons. The zero-order valence-electron chi connectivity index (χ0n) is 18.5. The van der Waals surface area contributed by atoms with Gasteiger partial charge in [0.2, 0.25) is 5.91 Å². The molecule has 3 aromatic rings. The van der Waals surface area contributed by atoms with Gasteiger partial charge >= 0.3 is 6.18 Å². The number of amides is 1. The third-order valence-electron chi connectivity index (χ3n) is 4.84. The number of benzene rings is 3. The highest BCUT2D eigenvalue weighted by atomic mass is 35.5. The van der Waals surface area contributed by atoms with Crippen LogP contribution in [0.5, 0.6) is 11.5 Å². The van der Waals surface area contributed by atoms with Crippen LogP contribution in [-0.2, 0) is 21.0 Å². The number of carbonyl (C=O) groups excluding carboxylic acids is 1. The minimum absolute atomic E-state index is 0.210. The van der Waals surface area contributed by atoms with E-state index in [2.05, 4.69) is 5.32 Å². The van der Waals surface area contributed by atoms with Crippen molar-refractivity contribution in [2.24, 2.45) is 0 Å². The van der Waals surface area contributed by atoms with E-state index in [-0.39, 0.29) is 22.0 Å². The Hall–Kier alpha value is -3.44. The van der Waals surface area contributed by atoms with Crippen molar-refractivity contribution in [2.75, 3.05) is 30.4 Å². The molecule has 3 rings (SSSR count). The number of ether oxygens (including phenoxy) is 2. The van der Waals surface area contributed by atoms with Gasteiger partial charge in [-0.3, -0.25) is 9.10 Å². The van der Waals surface area contributed by atoms with Crippen LogP contribution in [0.15, 0.2) is 71.6 Å². The smallest absolute Gasteiger partial charge is 0.417 e. The average molecular weight is 529 g/mol. The monoisotopic (exact) mass is 528 g/mol. The molecular weight excluding hydrogens is 509 g/mol. The van der Waals surface area contributed by atoms with Gasteiger partial charge in [0.25, 0.3) is 10.0 Å². The van der Waals surface area contributed by atoms with E-state index in [1.54, 1.807) is 12.1 Å². The number of alkyl halides is 3. The Morgan fingerprint density at radius 1 is 1.00 bits per heavy atom. The minimum atomic E-state index is -4.84. The number of nitrogens with zero attached hydrogens (tertiary/aromatic N) is 1. The fourth-order valence-electron chi connectivity index (χ4n) is 3.14. The second kappa shape index (κ2) is 10.4. The van der Waals surface area contributed by atoms with E-state index in [4.69, 9.17) is 21.1 Å². The second-order valence-corrected chi connectivity index (χ2v) is 9.37. The lowest BCUT2D eigenvalue weighted by molar-refractivity contribution is -0.137. The predicted octanol–water partition coefficient (Wildman–Crippen LogP) is 5.21. The summed E-state index contributed by atoms with van der Waals surface area (Å²) in [6.07, 6.45) is -4.84. The van der Waals surface area contributed by atoms with E-state index in [1.165, 1.54) is 50.6 Å². The molecule has 0 heterocycles. The quantitative estimate of drug-likeness (QED) is 0.434. The summed E-state index contributed by atoms with van der Waals surface area (Å²) in [4.78, 5) is 12.7. The lowest BCUT2D eigenvalue weighted by atomic mass is 10.2. The molecule has 1 amide bonds. The summed E-state index contributed by atoms with van der Waals surface area (Å²) in [6.45, 7) is -0.828. The molecule has 0 atom stereocenters. The predicted molar refractivity (Wildman–Crippen MR) is 126 cm³/mol. The Labute approximate surface area is 205 Å². The topological polar surface area (TPSA) is 84.9 Å². The molecular formula is C23H20ClF3N2O5S. The average Bonchev–Trinajstić information content (AvgIpc) is 2.83. The van der Waals surface area contributed by atoms with Gasteiger partial charge in [0, 0.05) is 6.07 Å². The van der Waals surface area contributed by atoms with Crippen molar-refractivity contribution in [3.05, 3.63) is 77.3 Å². The van der Waals surface area contributed by atoms with Crippen molar-refractivity contribution in [1.29, 1.82) is 0 Å². The van der Waals surface area contributed by atoms with Crippen molar-refractivity contribution < 1.29 is 35.9 Å². The molecule has 0 radical (unpaired) electrons. The van der Waals surface area contributed by atoms with Crippen molar-refractivity contribution in [3.63, 3.8) is 0 Å². The number of carbonyl (C=O) groups is 1. The van der Waals surface area contributed by atoms with Gasteiger partial charge in [-0.05, 0) is 42.5 Å². The molecule has 0 fully saturated rings. The maximum atomic E-state index is 13.5. The van der Waals surface area contributed by atoms with Gasteiger partial charge in [-0.25, -0.2) is 8.42 Å². The van der Waals surface area contributed by atoms with Crippen LogP contribution in [0.25, 0.3) is 0 Å². The summed E-state index contributed by atoms with van der Waals surface area (Å²) in [7, 11) is -1.62. The fraction of sp³-hybridized carbons (Fsp3) is 0.174. The van der Waals surface area contributed by atoms with E-state index in [0.29, 0.717) is 16.1 Å². The normalized spacial score (nSPS) is 11.6. The largest absolute Gasteiger partial charge is 0.497 e. The summed E-state index contributed by atoms with van der Waals surface area (Å²) in [5.41, 5.74) is -1.41. The lowest BCUT2D eigenvalue weighted by Crippen LogP contribution is -2.38. The number of anilines is 2. The van der Waals surface area contributed by atoms with Gasteiger partial charge in [0.05, 0.1) is 41.1 Å². The van der Waals surface area contributed by atoms with E-state index in [1.807, 2.05) is 0 Å². The first-order valence-electron chi connectivity index (χ1n) is 9.93. The summed E-state index contributed by atoms with van der Waals surface area (Å²) >= 11 is 5.70. The first kappa shape index (κ1) is 26.2. The molecule has 12 heteroatoms. The maximum Gasteiger partial charge on any atom is 0.417 e. The molecule has 1 N–H and O–H groups in total. The number of rotatable bonds is 8. The third-order valence-corrected chi connectivity index (χ3v) is 6.96. The molecule has 0 bridgehead atoms. The summed E-state index contributed by atoms with van der Waals surface area (Å²) in [5.74, 6) is -0.133. The highest BCUT2D eigenvalue weighted by molar-refractivity contribution is 7.92. The molecule has 3 aromatic carbocycles. The van der Waals surface area contributed by atoms with Crippen LogP contribution in [0.3, 0.4) is 0 Å². The minimum Gasteiger partial charge on any atom is -0.497 e. The number of hydrogen-bond donors (Lipinski definition) is 1. The molecule has 0 aliphatic heterocycles. The molecule has 0 spiro atoms. The van der Waals surface area contributed by atoms with Crippen LogP contribution >= 0.6 is 11.6 Å². The van der Waals surface area contributed by atoms with Crippen molar-refractivity contribution in [1.82, 2.24) is 0 Å². The van der Waals surface area contributed by atoms with Gasteiger partial charge in [0.1, 0.15) is 18.0 Å². The van der Waals surface area contributed by atoms with Gasteiger partial charge in [-0.15, -0.1) is 0 Å². The summed E-state index contributed by atoms with van der Waals surface area (Å²) < 4.78 is 78.0. The van der Waals surface area contributed by atoms with Gasteiger partial charge in [-0.2, -0.15) is 13.2 Å². The standard InChI is InChI=1S/C23H20ClF3N2O5S/c1-33-16-9-11-20(21(13-16)34-2)28-22(30)14-29(35(31,32)17-6-4-3-5-7-17)15-8-10-19(24)18(12-15)23(25,26)27/h3-13H,14H2,1-2H3,(H,28,30). The maximum absolute atomic E-state index is 13.5. The van der Waals surface area contributed by atoms with Crippen molar-refractivity contribution >= 4 is 38.9 Å². The van der Waals surface area contributed by atoms with Gasteiger partial charge in [-0.1, -0.05) is 29.8 Å². The first-order valence-corrected chi connectivity index (χ1v) is 11.8. The van der Waals surface area contributed by atoms with E-state index in [9.17, 15) is 26.4 Å². The fourth-order valence-corrected chi connectivity index (χ4v) is 4.80. The Kier molecular flexibility index (Phi) is 7.81.